The predicted octanol–water partition coefficient (Wildman–Crippen LogP) is 4.66. The molecule has 10 heteroatoms. The number of nitrogens with one attached hydrogen (secondary N) is 1. The fraction of sp³-hybridized carbons (Fsp3) is 0.522. The summed E-state index contributed by atoms with van der Waals surface area (Å²) in [5, 5.41) is -0.210. The Kier molecular flexibility index (Phi) is 5.99. The van der Waals surface area contributed by atoms with Gasteiger partial charge in [0, 0.05) is 24.5 Å². The van der Waals surface area contributed by atoms with E-state index >= 15 is 4.39 Å². The van der Waals surface area contributed by atoms with Gasteiger partial charge >= 0.3 is 0 Å². The Morgan fingerprint density at radius 1 is 1.06 bits per heavy atom. The van der Waals surface area contributed by atoms with Gasteiger partial charge in [0.15, 0.2) is 5.82 Å². The van der Waals surface area contributed by atoms with E-state index in [2.05, 4.69) is 19.5 Å². The zero-order valence-corrected chi connectivity index (χ0v) is 19.8. The van der Waals surface area contributed by atoms with Crippen LogP contribution in [0.2, 0.25) is 5.02 Å². The minimum atomic E-state index is -4.33. The van der Waals surface area contributed by atoms with Gasteiger partial charge in [-0.05, 0) is 69.5 Å². The van der Waals surface area contributed by atoms with Crippen LogP contribution in [0, 0.1) is 17.2 Å². The molecule has 2 aliphatic heterocycles. The summed E-state index contributed by atoms with van der Waals surface area (Å²) < 4.78 is 56.1. The number of aromatic nitrogens is 1. The summed E-state index contributed by atoms with van der Waals surface area (Å²) >= 11 is 6.38. The zero-order chi connectivity index (χ0) is 23.2. The second-order valence-corrected chi connectivity index (χ2v) is 11.4. The fourth-order valence-corrected chi connectivity index (χ4v) is 7.38. The number of sulfonamides is 1. The van der Waals surface area contributed by atoms with Gasteiger partial charge in [0.1, 0.15) is 15.7 Å². The van der Waals surface area contributed by atoms with Gasteiger partial charge in [-0.3, -0.25) is 9.62 Å². The first-order chi connectivity index (χ1) is 15.8. The van der Waals surface area contributed by atoms with Gasteiger partial charge in [-0.2, -0.15) is 4.39 Å². The number of hydrogen-bond donors (Lipinski definition) is 1. The predicted molar refractivity (Wildman–Crippen MR) is 124 cm³/mol. The summed E-state index contributed by atoms with van der Waals surface area (Å²) in [6.45, 7) is 3.87. The van der Waals surface area contributed by atoms with E-state index in [0.29, 0.717) is 11.7 Å². The van der Waals surface area contributed by atoms with E-state index in [1.165, 1.54) is 43.9 Å². The van der Waals surface area contributed by atoms with Crippen molar-refractivity contribution in [1.82, 2.24) is 9.88 Å². The van der Waals surface area contributed by atoms with Crippen molar-refractivity contribution in [3.05, 3.63) is 47.1 Å². The highest BCUT2D eigenvalue weighted by molar-refractivity contribution is 7.92. The van der Waals surface area contributed by atoms with Crippen LogP contribution >= 0.6 is 11.6 Å². The molecule has 1 N–H and O–H groups in total. The number of anilines is 2. The molecule has 2 saturated heterocycles. The van der Waals surface area contributed by atoms with Gasteiger partial charge in [0.05, 0.1) is 5.69 Å². The van der Waals surface area contributed by atoms with Crippen molar-refractivity contribution in [3.8, 4) is 0 Å². The average Bonchev–Trinajstić information content (AvgIpc) is 3.52. The molecule has 1 aliphatic carbocycles. The third-order valence-corrected chi connectivity index (χ3v) is 9.17. The zero-order valence-electron chi connectivity index (χ0n) is 18.2. The number of benzene rings is 1. The van der Waals surface area contributed by atoms with Gasteiger partial charge in [-0.1, -0.05) is 24.1 Å². The maximum absolute atomic E-state index is 15.2. The molecule has 3 fully saturated rings. The number of pyridine rings is 1. The van der Waals surface area contributed by atoms with Crippen LogP contribution in [0.15, 0.2) is 35.2 Å². The lowest BCUT2D eigenvalue weighted by Gasteiger charge is -2.38. The lowest BCUT2D eigenvalue weighted by molar-refractivity contribution is 0.126. The minimum absolute atomic E-state index is 0.180. The van der Waals surface area contributed by atoms with Crippen LogP contribution in [-0.4, -0.2) is 50.5 Å². The maximum atomic E-state index is 15.2. The summed E-state index contributed by atoms with van der Waals surface area (Å²) in [7, 11) is -4.33. The van der Waals surface area contributed by atoms with E-state index in [9.17, 15) is 12.8 Å². The molecule has 3 heterocycles. The Labute approximate surface area is 198 Å². The third kappa shape index (κ3) is 4.19. The molecule has 1 spiro atoms. The SMILES string of the molecule is O=S(=O)(Nc1cccc(F)n1)c1ccc(N2CC[C@@]3(CCC[C@@H]3N3CCCC3)C2)c(Cl)c1F. The average molecular weight is 497 g/mol. The highest BCUT2D eigenvalue weighted by Crippen LogP contribution is 2.50. The van der Waals surface area contributed by atoms with Crippen molar-refractivity contribution in [3.63, 3.8) is 0 Å². The second kappa shape index (κ2) is 8.67. The molecule has 2 aromatic rings. The minimum Gasteiger partial charge on any atom is -0.370 e. The van der Waals surface area contributed by atoms with E-state index < -0.39 is 26.7 Å². The molecule has 1 aromatic carbocycles. The number of nitrogens with zero attached hydrogens (tertiary/aromatic N) is 3. The van der Waals surface area contributed by atoms with Crippen LogP contribution in [0.5, 0.6) is 0 Å². The first-order valence-corrected chi connectivity index (χ1v) is 13.3. The molecular formula is C23H27ClF2N4O2S. The smallest absolute Gasteiger partial charge is 0.266 e. The van der Waals surface area contributed by atoms with Crippen molar-refractivity contribution in [2.45, 2.75) is 49.5 Å². The molecule has 178 valence electrons. The quantitative estimate of drug-likeness (QED) is 0.610. The molecule has 33 heavy (non-hydrogen) atoms. The molecule has 1 aromatic heterocycles. The lowest BCUT2D eigenvalue weighted by atomic mass is 9.81. The number of likely N-dealkylation sites (tertiary alicyclic amines) is 1. The topological polar surface area (TPSA) is 65.5 Å². The Morgan fingerprint density at radius 3 is 2.61 bits per heavy atom. The van der Waals surface area contributed by atoms with Gasteiger partial charge in [0.2, 0.25) is 5.95 Å². The van der Waals surface area contributed by atoms with E-state index in [1.54, 1.807) is 6.07 Å². The van der Waals surface area contributed by atoms with Crippen LogP contribution < -0.4 is 9.62 Å². The monoisotopic (exact) mass is 496 g/mol. The Bertz CT molecular complexity index is 1160. The van der Waals surface area contributed by atoms with E-state index in [1.807, 2.05) is 0 Å². The standard InChI is InChI=1S/C23H27ClF2N4O2S/c24-21-16(30-14-11-23(15-30)10-4-5-18(23)29-12-1-2-13-29)8-9-17(22(21)26)33(31,32)28-20-7-3-6-19(25)27-20/h3,6-9,18H,1-2,4-5,10-15H2,(H,27,28)/t18-,23-/m0/s1. The number of hydrogen-bond acceptors (Lipinski definition) is 5. The first-order valence-electron chi connectivity index (χ1n) is 11.4. The molecule has 0 bridgehead atoms. The molecule has 0 unspecified atom stereocenters. The van der Waals surface area contributed by atoms with Gasteiger partial charge in [-0.15, -0.1) is 0 Å². The largest absolute Gasteiger partial charge is 0.370 e. The number of halogens is 3. The maximum Gasteiger partial charge on any atom is 0.266 e. The van der Waals surface area contributed by atoms with Crippen molar-refractivity contribution < 1.29 is 17.2 Å². The van der Waals surface area contributed by atoms with Gasteiger partial charge < -0.3 is 4.90 Å². The third-order valence-electron chi connectivity index (χ3n) is 7.44. The molecule has 6 nitrogen and oxygen atoms in total. The summed E-state index contributed by atoms with van der Waals surface area (Å²) in [6, 6.07) is 7.03. The summed E-state index contributed by atoms with van der Waals surface area (Å²) in [6.07, 6.45) is 7.09. The van der Waals surface area contributed by atoms with Gasteiger partial charge in [0.25, 0.3) is 10.0 Å². The van der Waals surface area contributed by atoms with Crippen LogP contribution in [0.1, 0.15) is 38.5 Å². The second-order valence-electron chi connectivity index (χ2n) is 9.35. The van der Waals surface area contributed by atoms with Crippen molar-refractivity contribution in [2.75, 3.05) is 35.8 Å². The molecular weight excluding hydrogens is 470 g/mol. The molecule has 2 atom stereocenters. The van der Waals surface area contributed by atoms with E-state index in [-0.39, 0.29) is 16.3 Å². The summed E-state index contributed by atoms with van der Waals surface area (Å²) in [5.41, 5.74) is 0.695. The van der Waals surface area contributed by atoms with Crippen LogP contribution in [-0.2, 0) is 10.0 Å². The summed E-state index contributed by atoms with van der Waals surface area (Å²) in [4.78, 5) is 7.60. The molecule has 0 radical (unpaired) electrons. The highest BCUT2D eigenvalue weighted by Gasteiger charge is 2.50. The lowest BCUT2D eigenvalue weighted by Crippen LogP contribution is -2.44. The molecule has 5 rings (SSSR count). The molecule has 3 aliphatic rings. The van der Waals surface area contributed by atoms with E-state index in [0.717, 1.165) is 45.1 Å². The number of rotatable bonds is 5. The Balaban J connectivity index is 1.38. The van der Waals surface area contributed by atoms with Crippen LogP contribution in [0.25, 0.3) is 0 Å². The fourth-order valence-electron chi connectivity index (χ4n) is 5.95. The van der Waals surface area contributed by atoms with Crippen molar-refractivity contribution in [2.24, 2.45) is 5.41 Å². The molecule has 1 saturated carbocycles. The van der Waals surface area contributed by atoms with Crippen LogP contribution in [0.4, 0.5) is 20.3 Å². The van der Waals surface area contributed by atoms with Crippen LogP contribution in [0.3, 0.4) is 0 Å². The molecule has 0 amide bonds. The van der Waals surface area contributed by atoms with Crippen molar-refractivity contribution >= 4 is 33.1 Å². The van der Waals surface area contributed by atoms with Crippen molar-refractivity contribution in [1.29, 1.82) is 0 Å². The first kappa shape index (κ1) is 22.8. The Morgan fingerprint density at radius 2 is 1.85 bits per heavy atom. The highest BCUT2D eigenvalue weighted by atomic mass is 35.5. The van der Waals surface area contributed by atoms with Gasteiger partial charge in [-0.25, -0.2) is 17.8 Å². The summed E-state index contributed by atoms with van der Waals surface area (Å²) in [5.74, 6) is -2.09. The Hall–Kier alpha value is -1.97. The normalized spacial score (nSPS) is 25.9. The van der Waals surface area contributed by atoms with E-state index in [4.69, 9.17) is 11.6 Å².